The molecule has 0 bridgehead atoms. The lowest BCUT2D eigenvalue weighted by molar-refractivity contribution is -0.193. The van der Waals surface area contributed by atoms with Gasteiger partial charge in [0.25, 0.3) is 0 Å². The molecule has 0 atom stereocenters. The van der Waals surface area contributed by atoms with Crippen LogP contribution in [-0.2, 0) is 21.4 Å². The monoisotopic (exact) mass is 830 g/mol. The van der Waals surface area contributed by atoms with E-state index in [0.29, 0.717) is 5.92 Å². The number of piperidine rings is 2. The molecule has 3 aliphatic rings. The van der Waals surface area contributed by atoms with E-state index in [2.05, 4.69) is 46.5 Å². The van der Waals surface area contributed by atoms with Crippen molar-refractivity contribution in [3.8, 4) is 22.9 Å². The maximum absolute atomic E-state index is 10.6. The first-order chi connectivity index (χ1) is 26.4. The summed E-state index contributed by atoms with van der Waals surface area (Å²) in [5.74, 6) is -5.22. The summed E-state index contributed by atoms with van der Waals surface area (Å²) in [6, 6.07) is 12.5. The minimum atomic E-state index is -5.08. The van der Waals surface area contributed by atoms with Crippen molar-refractivity contribution in [3.63, 3.8) is 0 Å². The minimum Gasteiger partial charge on any atom is -0.493 e. The van der Waals surface area contributed by atoms with Crippen molar-refractivity contribution in [1.29, 1.82) is 0 Å². The number of rotatable bonds is 6. The van der Waals surface area contributed by atoms with Crippen molar-refractivity contribution in [2.45, 2.75) is 82.0 Å². The van der Waals surface area contributed by atoms with Crippen molar-refractivity contribution in [3.05, 3.63) is 41.5 Å². The Balaban J connectivity index is 0.000000341. The predicted octanol–water partition coefficient (Wildman–Crippen LogP) is 7.27. The van der Waals surface area contributed by atoms with E-state index in [9.17, 15) is 39.5 Å². The maximum Gasteiger partial charge on any atom is 0.490 e. The molecule has 57 heavy (non-hydrogen) atoms. The van der Waals surface area contributed by atoms with E-state index in [1.165, 1.54) is 81.3 Å². The summed E-state index contributed by atoms with van der Waals surface area (Å²) in [5, 5.41) is 21.4. The van der Waals surface area contributed by atoms with Crippen LogP contribution in [0.2, 0.25) is 0 Å². The molecule has 0 amide bonds. The standard InChI is InChI=1S/C30H40N4O2.3C2HF3O2/c1-20-17-23(21-9-13-33(14-10-21)25-11-15-34(16-12-25)24-6-7-24)18-26-29(20)31-30(32(26)2)22-5-8-27(35-3)28(19-22)36-4;3*3-2(4,5)1(6)7/h5,8,17-19,21,24-25H,6-7,9-16H2,1-4H3;3*(H,6,7). The number of aryl methyl sites for hydroxylation is 2. The Morgan fingerprint density at radius 2 is 1.09 bits per heavy atom. The van der Waals surface area contributed by atoms with Gasteiger partial charge >= 0.3 is 36.4 Å². The van der Waals surface area contributed by atoms with Crippen LogP contribution in [0.1, 0.15) is 55.6 Å². The van der Waals surface area contributed by atoms with E-state index in [1.807, 2.05) is 12.1 Å². The predicted molar refractivity (Wildman–Crippen MR) is 186 cm³/mol. The molecule has 0 radical (unpaired) electrons. The van der Waals surface area contributed by atoms with Gasteiger partial charge in [0.1, 0.15) is 5.82 Å². The Hall–Kier alpha value is -4.79. The van der Waals surface area contributed by atoms with Gasteiger partial charge in [-0.3, -0.25) is 0 Å². The Morgan fingerprint density at radius 1 is 0.667 bits per heavy atom. The zero-order chi connectivity index (χ0) is 43.0. The molecule has 21 heteroatoms. The molecule has 318 valence electrons. The second-order valence-electron chi connectivity index (χ2n) is 13.5. The van der Waals surface area contributed by atoms with Gasteiger partial charge in [-0.2, -0.15) is 39.5 Å². The third-order valence-electron chi connectivity index (χ3n) is 9.65. The molecule has 0 unspecified atom stereocenters. The number of aromatic nitrogens is 2. The summed E-state index contributed by atoms with van der Waals surface area (Å²) >= 11 is 0. The van der Waals surface area contributed by atoms with Crippen molar-refractivity contribution < 1.29 is 78.7 Å². The number of methoxy groups -OCH3 is 2. The van der Waals surface area contributed by atoms with Gasteiger partial charge in [-0.25, -0.2) is 19.4 Å². The van der Waals surface area contributed by atoms with E-state index in [4.69, 9.17) is 44.2 Å². The number of benzene rings is 2. The molecule has 2 aromatic carbocycles. The fourth-order valence-electron chi connectivity index (χ4n) is 6.61. The highest BCUT2D eigenvalue weighted by Gasteiger charge is 2.40. The van der Waals surface area contributed by atoms with E-state index < -0.39 is 36.4 Å². The second kappa shape index (κ2) is 19.1. The van der Waals surface area contributed by atoms with E-state index in [0.717, 1.165) is 40.5 Å². The quantitative estimate of drug-likeness (QED) is 0.215. The van der Waals surface area contributed by atoms with Crippen molar-refractivity contribution in [1.82, 2.24) is 19.4 Å². The van der Waals surface area contributed by atoms with E-state index in [1.54, 1.807) is 14.2 Å². The van der Waals surface area contributed by atoms with Crippen molar-refractivity contribution in [2.24, 2.45) is 7.05 Å². The van der Waals surface area contributed by atoms with Gasteiger partial charge < -0.3 is 39.2 Å². The van der Waals surface area contributed by atoms with Gasteiger partial charge in [-0.1, -0.05) is 6.07 Å². The van der Waals surface area contributed by atoms with Gasteiger partial charge in [0, 0.05) is 24.7 Å². The molecule has 3 fully saturated rings. The summed E-state index contributed by atoms with van der Waals surface area (Å²) in [6.45, 7) is 7.30. The van der Waals surface area contributed by atoms with Crippen LogP contribution in [0.4, 0.5) is 39.5 Å². The fraction of sp³-hybridized carbons (Fsp3) is 0.556. The number of ether oxygens (including phenoxy) is 2. The molecule has 2 saturated heterocycles. The highest BCUT2D eigenvalue weighted by Crippen LogP contribution is 2.37. The number of likely N-dealkylation sites (tertiary alicyclic amines) is 2. The molecule has 3 heterocycles. The highest BCUT2D eigenvalue weighted by molar-refractivity contribution is 5.84. The Labute approximate surface area is 320 Å². The Morgan fingerprint density at radius 3 is 1.49 bits per heavy atom. The van der Waals surface area contributed by atoms with Crippen LogP contribution in [0, 0.1) is 6.92 Å². The molecule has 2 aliphatic heterocycles. The zero-order valence-corrected chi connectivity index (χ0v) is 31.3. The number of carbonyl (C=O) groups is 3. The normalized spacial score (nSPS) is 17.3. The topological polar surface area (TPSA) is 155 Å². The summed E-state index contributed by atoms with van der Waals surface area (Å²) in [7, 11) is 5.47. The van der Waals surface area contributed by atoms with Crippen molar-refractivity contribution >= 4 is 28.9 Å². The van der Waals surface area contributed by atoms with Crippen LogP contribution in [0.3, 0.4) is 0 Å². The van der Waals surface area contributed by atoms with Crippen LogP contribution in [0.5, 0.6) is 11.5 Å². The number of hydrogen-bond acceptors (Lipinski definition) is 8. The molecular weight excluding hydrogens is 787 g/mol. The molecular formula is C36H43F9N4O8. The molecule has 1 aromatic heterocycles. The molecule has 1 saturated carbocycles. The van der Waals surface area contributed by atoms with Crippen LogP contribution in [0.15, 0.2) is 30.3 Å². The first-order valence-corrected chi connectivity index (χ1v) is 17.5. The van der Waals surface area contributed by atoms with Gasteiger partial charge in [-0.05, 0) is 113 Å². The summed E-state index contributed by atoms with van der Waals surface area (Å²) < 4.78 is 108. The third kappa shape index (κ3) is 13.1. The SMILES string of the molecule is COc1ccc(-c2nc3c(C)cc(C4CCN(C5CCN(C6CC6)CC5)CC4)cc3n2C)cc1OC.O=C(O)C(F)(F)F.O=C(O)C(F)(F)F.O=C(O)C(F)(F)F. The number of halogens is 9. The summed E-state index contributed by atoms with van der Waals surface area (Å²) in [6.07, 6.45) is -7.14. The van der Waals surface area contributed by atoms with Crippen LogP contribution >= 0.6 is 0 Å². The average Bonchev–Trinajstić information content (AvgIpc) is 3.94. The molecule has 0 spiro atoms. The Kier molecular flexibility index (Phi) is 15.6. The van der Waals surface area contributed by atoms with E-state index >= 15 is 0 Å². The lowest BCUT2D eigenvalue weighted by atomic mass is 9.87. The highest BCUT2D eigenvalue weighted by atomic mass is 19.4. The number of nitrogens with zero attached hydrogens (tertiary/aromatic N) is 4. The largest absolute Gasteiger partial charge is 0.493 e. The lowest BCUT2D eigenvalue weighted by Crippen LogP contribution is -2.47. The number of fused-ring (bicyclic) bond motifs is 1. The van der Waals surface area contributed by atoms with Gasteiger partial charge in [0.05, 0.1) is 25.3 Å². The smallest absolute Gasteiger partial charge is 0.490 e. The molecule has 6 rings (SSSR count). The van der Waals surface area contributed by atoms with E-state index in [-0.39, 0.29) is 0 Å². The van der Waals surface area contributed by atoms with Crippen LogP contribution in [-0.4, -0.2) is 124 Å². The van der Waals surface area contributed by atoms with Gasteiger partial charge in [-0.15, -0.1) is 0 Å². The summed E-state index contributed by atoms with van der Waals surface area (Å²) in [4.78, 5) is 37.3. The number of imidazole rings is 1. The first-order valence-electron chi connectivity index (χ1n) is 17.5. The third-order valence-corrected chi connectivity index (χ3v) is 9.65. The molecule has 1 aliphatic carbocycles. The van der Waals surface area contributed by atoms with Crippen LogP contribution in [0.25, 0.3) is 22.4 Å². The lowest BCUT2D eigenvalue weighted by Gasteiger charge is -2.42. The minimum absolute atomic E-state index is 0.635. The first kappa shape index (κ1) is 46.6. The fourth-order valence-corrected chi connectivity index (χ4v) is 6.61. The van der Waals surface area contributed by atoms with Crippen molar-refractivity contribution in [2.75, 3.05) is 40.4 Å². The number of carboxylic acid groups (broad SMARTS) is 3. The Bertz CT molecular complexity index is 1790. The number of aliphatic carboxylic acids is 3. The van der Waals surface area contributed by atoms with Gasteiger partial charge in [0.15, 0.2) is 11.5 Å². The number of alkyl halides is 9. The number of carboxylic acids is 3. The molecule has 3 aromatic rings. The maximum atomic E-state index is 10.6. The number of hydrogen-bond donors (Lipinski definition) is 3. The van der Waals surface area contributed by atoms with Crippen LogP contribution < -0.4 is 9.47 Å². The molecule has 3 N–H and O–H groups in total. The summed E-state index contributed by atoms with van der Waals surface area (Å²) in [5.41, 5.74) is 6.08. The second-order valence-corrected chi connectivity index (χ2v) is 13.5. The zero-order valence-electron chi connectivity index (χ0n) is 31.3. The van der Waals surface area contributed by atoms with Gasteiger partial charge in [0.2, 0.25) is 0 Å². The molecule has 12 nitrogen and oxygen atoms in total. The average molecular weight is 831 g/mol.